The molecule has 2 aliphatic heterocycles. The molecular weight excluding hydrogens is 440 g/mol. The van der Waals surface area contributed by atoms with E-state index in [9.17, 15) is 21.6 Å². The second-order valence-corrected chi connectivity index (χ2v) is 10.8. The molecule has 0 spiro atoms. The van der Waals surface area contributed by atoms with Crippen LogP contribution >= 0.6 is 0 Å². The van der Waals surface area contributed by atoms with Gasteiger partial charge in [-0.2, -0.15) is 0 Å². The molecule has 0 unspecified atom stereocenters. The summed E-state index contributed by atoms with van der Waals surface area (Å²) in [6.07, 6.45) is 1.70. The second-order valence-electron chi connectivity index (χ2n) is 7.71. The van der Waals surface area contributed by atoms with Gasteiger partial charge in [0.05, 0.1) is 9.79 Å². The van der Waals surface area contributed by atoms with Gasteiger partial charge in [-0.15, -0.1) is 0 Å². The average Bonchev–Trinajstić information content (AvgIpc) is 3.24. The normalized spacial score (nSPS) is 14.9. The average molecular weight is 467 g/mol. The molecule has 1 amide bonds. The molecule has 0 fully saturated rings. The molecule has 0 bridgehead atoms. The van der Waals surface area contributed by atoms with E-state index in [2.05, 4.69) is 5.32 Å². The lowest BCUT2D eigenvalue weighted by molar-refractivity contribution is -0.116. The van der Waals surface area contributed by atoms with Gasteiger partial charge in [-0.05, 0) is 61.1 Å². The minimum atomic E-state index is -3.74. The van der Waals surface area contributed by atoms with Gasteiger partial charge in [-0.1, -0.05) is 12.1 Å². The summed E-state index contributed by atoms with van der Waals surface area (Å²) in [7, 11) is -7.34. The van der Waals surface area contributed by atoms with Crippen molar-refractivity contribution in [3.8, 4) is 0 Å². The molecule has 0 aromatic heterocycles. The monoisotopic (exact) mass is 466 g/mol. The number of benzene rings is 2. The highest BCUT2D eigenvalue weighted by Crippen LogP contribution is 2.32. The molecule has 0 radical (unpaired) electrons. The molecule has 0 aliphatic carbocycles. The molecule has 168 valence electrons. The van der Waals surface area contributed by atoms with E-state index in [-0.39, 0.29) is 15.7 Å². The van der Waals surface area contributed by atoms with Crippen LogP contribution in [0.2, 0.25) is 0 Å². The summed E-state index contributed by atoms with van der Waals surface area (Å²) in [5.41, 5.74) is 5.04. The molecule has 31 heavy (non-hydrogen) atoms. The smallest absolute Gasteiger partial charge is 0.238 e. The molecule has 0 atom stereocenters. The van der Waals surface area contributed by atoms with Crippen molar-refractivity contribution in [2.45, 2.75) is 43.4 Å². The van der Waals surface area contributed by atoms with Crippen LogP contribution in [0.25, 0.3) is 0 Å². The molecule has 2 aliphatic rings. The fraction of sp³-hybridized carbons (Fsp3) is 0.350. The fourth-order valence-corrected chi connectivity index (χ4v) is 5.51. The fourth-order valence-electron chi connectivity index (χ4n) is 3.93. The third kappa shape index (κ3) is 4.90. The number of nitrogens with two attached hydrogens (primary N) is 2. The summed E-state index contributed by atoms with van der Waals surface area (Å²) < 4.78 is 45.2. The summed E-state index contributed by atoms with van der Waals surface area (Å²) in [6, 6.07) is 6.79. The van der Waals surface area contributed by atoms with E-state index in [0.717, 1.165) is 41.8 Å². The first kappa shape index (κ1) is 23.2. The quantitative estimate of drug-likeness (QED) is 0.604. The van der Waals surface area contributed by atoms with E-state index in [1.807, 2.05) is 6.07 Å². The number of amides is 1. The van der Waals surface area contributed by atoms with Crippen LogP contribution in [0.5, 0.6) is 0 Å². The SMILES string of the molecule is CC(=O)N1CCc2cc(C)c(S(N)(=O)=O)cc21.Cc1cc2c(cc1S(N)(=O)=O)NCC2. The Hall–Kier alpha value is -2.47. The zero-order valence-corrected chi connectivity index (χ0v) is 19.2. The summed E-state index contributed by atoms with van der Waals surface area (Å²) in [5.74, 6) is -0.0898. The van der Waals surface area contributed by atoms with Crippen LogP contribution in [0.15, 0.2) is 34.1 Å². The standard InChI is InChI=1S/C11H14N2O3S.C9H12N2O2S/c1-7-5-9-3-4-13(8(2)14)10(9)6-11(7)17(12,15)16;1-6-4-7-2-3-11-8(7)5-9(6)14(10,12)13/h5-6H,3-4H2,1-2H3,(H2,12,15,16);4-5,11H,2-3H2,1H3,(H2,10,12,13). The van der Waals surface area contributed by atoms with E-state index >= 15 is 0 Å². The van der Waals surface area contributed by atoms with Gasteiger partial charge in [0.15, 0.2) is 0 Å². The summed E-state index contributed by atoms with van der Waals surface area (Å²) in [4.78, 5) is 13.3. The maximum Gasteiger partial charge on any atom is 0.238 e. The van der Waals surface area contributed by atoms with E-state index < -0.39 is 20.0 Å². The van der Waals surface area contributed by atoms with Crippen molar-refractivity contribution < 1.29 is 21.6 Å². The van der Waals surface area contributed by atoms with E-state index in [1.165, 1.54) is 13.0 Å². The Morgan fingerprint density at radius 3 is 2.00 bits per heavy atom. The van der Waals surface area contributed by atoms with Gasteiger partial charge in [-0.3, -0.25) is 4.79 Å². The highest BCUT2D eigenvalue weighted by Gasteiger charge is 2.25. The lowest BCUT2D eigenvalue weighted by atomic mass is 10.1. The molecule has 5 N–H and O–H groups in total. The molecule has 2 aromatic carbocycles. The van der Waals surface area contributed by atoms with E-state index in [1.54, 1.807) is 30.9 Å². The van der Waals surface area contributed by atoms with Crippen LogP contribution in [0.3, 0.4) is 0 Å². The number of fused-ring (bicyclic) bond motifs is 2. The number of anilines is 2. The molecular formula is C20H26N4O5S2. The number of rotatable bonds is 2. The number of aryl methyl sites for hydroxylation is 2. The lowest BCUT2D eigenvalue weighted by Gasteiger charge is -2.16. The third-order valence-corrected chi connectivity index (χ3v) is 7.48. The van der Waals surface area contributed by atoms with E-state index in [0.29, 0.717) is 17.8 Å². The van der Waals surface area contributed by atoms with Gasteiger partial charge in [0, 0.05) is 31.4 Å². The highest BCUT2D eigenvalue weighted by molar-refractivity contribution is 7.89. The van der Waals surface area contributed by atoms with Gasteiger partial charge < -0.3 is 10.2 Å². The molecule has 2 heterocycles. The van der Waals surface area contributed by atoms with Crippen LogP contribution in [0.4, 0.5) is 11.4 Å². The minimum absolute atomic E-state index is 0.0874. The molecule has 11 heteroatoms. The van der Waals surface area contributed by atoms with Crippen molar-refractivity contribution in [2.75, 3.05) is 23.3 Å². The zero-order valence-electron chi connectivity index (χ0n) is 17.6. The van der Waals surface area contributed by atoms with Crippen LogP contribution in [-0.4, -0.2) is 35.8 Å². The Bertz CT molecular complexity index is 1270. The number of carbonyl (C=O) groups excluding carboxylic acids is 1. The number of carbonyl (C=O) groups is 1. The first-order valence-electron chi connectivity index (χ1n) is 9.63. The Morgan fingerprint density at radius 2 is 1.45 bits per heavy atom. The van der Waals surface area contributed by atoms with Crippen LogP contribution in [-0.2, 0) is 37.7 Å². The van der Waals surface area contributed by atoms with Crippen LogP contribution in [0, 0.1) is 13.8 Å². The van der Waals surface area contributed by atoms with Gasteiger partial charge in [-0.25, -0.2) is 27.1 Å². The second kappa shape index (κ2) is 8.23. The Labute approximate surface area is 182 Å². The van der Waals surface area contributed by atoms with E-state index in [4.69, 9.17) is 10.3 Å². The van der Waals surface area contributed by atoms with Crippen molar-refractivity contribution in [2.24, 2.45) is 10.3 Å². The predicted molar refractivity (Wildman–Crippen MR) is 119 cm³/mol. The van der Waals surface area contributed by atoms with Crippen LogP contribution in [0.1, 0.15) is 29.2 Å². The molecule has 4 rings (SSSR count). The Morgan fingerprint density at radius 1 is 0.903 bits per heavy atom. The maximum atomic E-state index is 11.4. The molecule has 9 nitrogen and oxygen atoms in total. The summed E-state index contributed by atoms with van der Waals surface area (Å²) in [6.45, 7) is 6.39. The predicted octanol–water partition coefficient (Wildman–Crippen LogP) is 1.16. The molecule has 2 aromatic rings. The summed E-state index contributed by atoms with van der Waals surface area (Å²) in [5, 5.41) is 13.4. The third-order valence-electron chi connectivity index (χ3n) is 5.38. The van der Waals surface area contributed by atoms with Crippen LogP contribution < -0.4 is 20.5 Å². The number of nitrogens with one attached hydrogen (secondary N) is 1. The highest BCUT2D eigenvalue weighted by atomic mass is 32.2. The number of hydrogen-bond acceptors (Lipinski definition) is 6. The Kier molecular flexibility index (Phi) is 6.16. The zero-order chi connectivity index (χ0) is 23.1. The van der Waals surface area contributed by atoms with Crippen molar-refractivity contribution in [3.63, 3.8) is 0 Å². The molecule has 0 saturated carbocycles. The van der Waals surface area contributed by atoms with Gasteiger partial charge in [0.1, 0.15) is 0 Å². The largest absolute Gasteiger partial charge is 0.384 e. The van der Waals surface area contributed by atoms with Gasteiger partial charge in [0.25, 0.3) is 0 Å². The lowest BCUT2D eigenvalue weighted by Crippen LogP contribution is -2.26. The summed E-state index contributed by atoms with van der Waals surface area (Å²) >= 11 is 0. The number of hydrogen-bond donors (Lipinski definition) is 3. The topological polar surface area (TPSA) is 153 Å². The number of sulfonamides is 2. The molecule has 0 saturated heterocycles. The maximum absolute atomic E-state index is 11.4. The Balaban J connectivity index is 0.000000179. The van der Waals surface area contributed by atoms with Gasteiger partial charge in [0.2, 0.25) is 26.0 Å². The first-order chi connectivity index (χ1) is 14.3. The minimum Gasteiger partial charge on any atom is -0.384 e. The van der Waals surface area contributed by atoms with Crippen molar-refractivity contribution >= 4 is 37.3 Å². The number of primary sulfonamides is 2. The first-order valence-corrected chi connectivity index (χ1v) is 12.7. The number of nitrogens with zero attached hydrogens (tertiary/aromatic N) is 1. The van der Waals surface area contributed by atoms with Crippen molar-refractivity contribution in [1.82, 2.24) is 0 Å². The van der Waals surface area contributed by atoms with Crippen molar-refractivity contribution in [3.05, 3.63) is 46.5 Å². The van der Waals surface area contributed by atoms with Crippen molar-refractivity contribution in [1.29, 1.82) is 0 Å². The van der Waals surface area contributed by atoms with Gasteiger partial charge >= 0.3 is 0 Å².